The second-order valence-corrected chi connectivity index (χ2v) is 2.26. The molecule has 0 bridgehead atoms. The van der Waals surface area contributed by atoms with E-state index in [-0.39, 0.29) is 0 Å². The van der Waals surface area contributed by atoms with Crippen LogP contribution >= 0.6 is 0 Å². The van der Waals surface area contributed by atoms with Crippen molar-refractivity contribution in [2.75, 3.05) is 26.7 Å². The monoisotopic (exact) mass is 125 g/mol. The van der Waals surface area contributed by atoms with E-state index < -0.39 is 0 Å². The van der Waals surface area contributed by atoms with Gasteiger partial charge in [-0.3, -0.25) is 9.89 Å². The predicted molar refractivity (Wildman–Crippen MR) is 38.6 cm³/mol. The zero-order chi connectivity index (χ0) is 6.69. The highest BCUT2D eigenvalue weighted by atomic mass is 15.1. The molecule has 50 valence electrons. The summed E-state index contributed by atoms with van der Waals surface area (Å²) in [5.74, 6) is 0. The maximum absolute atomic E-state index is 6.90. The molecule has 0 aromatic carbocycles. The first-order valence-corrected chi connectivity index (χ1v) is 3.05. The minimum Gasteiger partial charge on any atom is -0.307 e. The standard InChI is InChI=1S/C6H11N3/c1-9-3-2-8-6(4-7)5-9/h4,7H,2-3,5H2,1H3. The average molecular weight is 125 g/mol. The molecule has 0 aromatic heterocycles. The van der Waals surface area contributed by atoms with E-state index in [4.69, 9.17) is 5.41 Å². The molecule has 0 aliphatic carbocycles. The number of likely N-dealkylation sites (N-methyl/N-ethyl adjacent to an activating group) is 1. The summed E-state index contributed by atoms with van der Waals surface area (Å²) in [6, 6.07) is 0. The van der Waals surface area contributed by atoms with Crippen molar-refractivity contribution >= 4 is 11.9 Å². The Balaban J connectivity index is 2.53. The molecule has 1 aliphatic rings. The summed E-state index contributed by atoms with van der Waals surface area (Å²) in [7, 11) is 2.04. The summed E-state index contributed by atoms with van der Waals surface area (Å²) in [4.78, 5) is 6.29. The quantitative estimate of drug-likeness (QED) is 0.493. The van der Waals surface area contributed by atoms with Crippen LogP contribution in [-0.2, 0) is 0 Å². The second kappa shape index (κ2) is 2.73. The van der Waals surface area contributed by atoms with Gasteiger partial charge in [0.05, 0.1) is 12.3 Å². The van der Waals surface area contributed by atoms with Crippen LogP contribution in [-0.4, -0.2) is 43.5 Å². The summed E-state index contributed by atoms with van der Waals surface area (Å²) in [5.41, 5.74) is 0.892. The molecule has 3 nitrogen and oxygen atoms in total. The number of nitrogens with zero attached hydrogens (tertiary/aromatic N) is 2. The Morgan fingerprint density at radius 1 is 1.78 bits per heavy atom. The molecule has 1 heterocycles. The van der Waals surface area contributed by atoms with Crippen molar-refractivity contribution in [1.29, 1.82) is 5.41 Å². The van der Waals surface area contributed by atoms with Gasteiger partial charge in [-0.25, -0.2) is 0 Å². The molecule has 3 heteroatoms. The lowest BCUT2D eigenvalue weighted by atomic mass is 10.3. The molecule has 1 rings (SSSR count). The summed E-state index contributed by atoms with van der Waals surface area (Å²) in [6.07, 6.45) is 1.33. The predicted octanol–water partition coefficient (Wildman–Crippen LogP) is 0.0224. The van der Waals surface area contributed by atoms with Crippen molar-refractivity contribution in [1.82, 2.24) is 4.90 Å². The van der Waals surface area contributed by atoms with E-state index in [9.17, 15) is 0 Å². The smallest absolute Gasteiger partial charge is 0.0664 e. The number of hydrogen-bond donors (Lipinski definition) is 1. The van der Waals surface area contributed by atoms with Crippen LogP contribution in [0, 0.1) is 5.41 Å². The Hall–Kier alpha value is -0.700. The maximum atomic E-state index is 6.90. The number of aliphatic imine (C=N–C) groups is 1. The van der Waals surface area contributed by atoms with Crippen LogP contribution in [0.15, 0.2) is 4.99 Å². The third-order valence-electron chi connectivity index (χ3n) is 1.40. The topological polar surface area (TPSA) is 39.5 Å². The number of nitrogens with one attached hydrogen (secondary N) is 1. The van der Waals surface area contributed by atoms with Crippen LogP contribution in [0.25, 0.3) is 0 Å². The van der Waals surface area contributed by atoms with Crippen molar-refractivity contribution in [3.63, 3.8) is 0 Å². The Kier molecular flexibility index (Phi) is 1.95. The molecule has 0 aromatic rings. The minimum atomic E-state index is 0.837. The van der Waals surface area contributed by atoms with E-state index in [2.05, 4.69) is 9.89 Å². The SMILES string of the molecule is CN1CCN=C(C=N)C1. The molecule has 1 N–H and O–H groups in total. The lowest BCUT2D eigenvalue weighted by Gasteiger charge is -2.19. The normalized spacial score (nSPS) is 21.2. The third kappa shape index (κ3) is 1.61. The lowest BCUT2D eigenvalue weighted by Crippen LogP contribution is -2.33. The Bertz CT molecular complexity index is 139. The fraction of sp³-hybridized carbons (Fsp3) is 0.667. The van der Waals surface area contributed by atoms with Gasteiger partial charge in [0, 0.05) is 19.3 Å². The van der Waals surface area contributed by atoms with Gasteiger partial charge in [-0.1, -0.05) is 0 Å². The van der Waals surface area contributed by atoms with E-state index in [1.54, 1.807) is 0 Å². The van der Waals surface area contributed by atoms with Gasteiger partial charge in [-0.2, -0.15) is 0 Å². The summed E-state index contributed by atoms with van der Waals surface area (Å²) >= 11 is 0. The van der Waals surface area contributed by atoms with Crippen molar-refractivity contribution < 1.29 is 0 Å². The van der Waals surface area contributed by atoms with Crippen LogP contribution in [0.5, 0.6) is 0 Å². The number of hydrogen-bond acceptors (Lipinski definition) is 3. The molecule has 0 unspecified atom stereocenters. The zero-order valence-electron chi connectivity index (χ0n) is 5.59. The van der Waals surface area contributed by atoms with Gasteiger partial charge in [0.1, 0.15) is 0 Å². The van der Waals surface area contributed by atoms with Gasteiger partial charge < -0.3 is 5.41 Å². The molecule has 9 heavy (non-hydrogen) atoms. The molecule has 0 saturated heterocycles. The lowest BCUT2D eigenvalue weighted by molar-refractivity contribution is 0.380. The maximum Gasteiger partial charge on any atom is 0.0664 e. The van der Waals surface area contributed by atoms with E-state index >= 15 is 0 Å². The van der Waals surface area contributed by atoms with Gasteiger partial charge in [-0.15, -0.1) is 0 Å². The zero-order valence-corrected chi connectivity index (χ0v) is 5.59. The molecule has 0 spiro atoms. The fourth-order valence-electron chi connectivity index (χ4n) is 0.861. The van der Waals surface area contributed by atoms with Crippen LogP contribution in [0.3, 0.4) is 0 Å². The summed E-state index contributed by atoms with van der Waals surface area (Å²) < 4.78 is 0. The van der Waals surface area contributed by atoms with E-state index in [1.165, 1.54) is 6.21 Å². The highest BCUT2D eigenvalue weighted by Crippen LogP contribution is 1.91. The van der Waals surface area contributed by atoms with Crippen molar-refractivity contribution in [2.24, 2.45) is 4.99 Å². The average Bonchev–Trinajstić information content (AvgIpc) is 1.88. The molecule has 0 atom stereocenters. The van der Waals surface area contributed by atoms with Gasteiger partial charge >= 0.3 is 0 Å². The third-order valence-corrected chi connectivity index (χ3v) is 1.40. The summed E-state index contributed by atoms with van der Waals surface area (Å²) in [6.45, 7) is 2.71. The van der Waals surface area contributed by atoms with E-state index in [0.29, 0.717) is 0 Å². The fourth-order valence-corrected chi connectivity index (χ4v) is 0.861. The Labute approximate surface area is 54.9 Å². The summed E-state index contributed by atoms with van der Waals surface area (Å²) in [5, 5.41) is 6.90. The molecular weight excluding hydrogens is 114 g/mol. The van der Waals surface area contributed by atoms with Crippen molar-refractivity contribution in [3.05, 3.63) is 0 Å². The van der Waals surface area contributed by atoms with Crippen LogP contribution < -0.4 is 0 Å². The minimum absolute atomic E-state index is 0.837. The highest BCUT2D eigenvalue weighted by molar-refractivity contribution is 6.30. The van der Waals surface area contributed by atoms with Gasteiger partial charge in [0.25, 0.3) is 0 Å². The van der Waals surface area contributed by atoms with E-state index in [0.717, 1.165) is 25.3 Å². The first kappa shape index (κ1) is 6.42. The molecule has 0 fully saturated rings. The van der Waals surface area contributed by atoms with Gasteiger partial charge in [0.15, 0.2) is 0 Å². The van der Waals surface area contributed by atoms with E-state index in [1.807, 2.05) is 7.05 Å². The highest BCUT2D eigenvalue weighted by Gasteiger charge is 2.05. The number of rotatable bonds is 1. The Morgan fingerprint density at radius 2 is 2.56 bits per heavy atom. The first-order chi connectivity index (χ1) is 4.33. The second-order valence-electron chi connectivity index (χ2n) is 2.26. The van der Waals surface area contributed by atoms with Crippen molar-refractivity contribution in [2.45, 2.75) is 0 Å². The molecule has 0 radical (unpaired) electrons. The molecular formula is C6H11N3. The van der Waals surface area contributed by atoms with Crippen LogP contribution in [0.2, 0.25) is 0 Å². The Morgan fingerprint density at radius 3 is 3.00 bits per heavy atom. The largest absolute Gasteiger partial charge is 0.307 e. The first-order valence-electron chi connectivity index (χ1n) is 3.05. The molecule has 0 amide bonds. The van der Waals surface area contributed by atoms with Crippen LogP contribution in [0.4, 0.5) is 0 Å². The molecule has 1 aliphatic heterocycles. The van der Waals surface area contributed by atoms with Gasteiger partial charge in [0.2, 0.25) is 0 Å². The van der Waals surface area contributed by atoms with Crippen LogP contribution in [0.1, 0.15) is 0 Å². The van der Waals surface area contributed by atoms with Gasteiger partial charge in [-0.05, 0) is 7.05 Å². The van der Waals surface area contributed by atoms with Crippen molar-refractivity contribution in [3.8, 4) is 0 Å². The molecule has 0 saturated carbocycles.